The summed E-state index contributed by atoms with van der Waals surface area (Å²) in [7, 11) is 3.18. The first kappa shape index (κ1) is 22.0. The van der Waals surface area contributed by atoms with Gasteiger partial charge in [0.1, 0.15) is 11.5 Å². The van der Waals surface area contributed by atoms with Crippen LogP contribution in [0.4, 0.5) is 0 Å². The van der Waals surface area contributed by atoms with E-state index in [2.05, 4.69) is 0 Å². The fraction of sp³-hybridized carbons (Fsp3) is 0.103. The minimum absolute atomic E-state index is 0.0768. The molecule has 0 saturated carbocycles. The van der Waals surface area contributed by atoms with Crippen molar-refractivity contribution < 1.29 is 19.1 Å². The van der Waals surface area contributed by atoms with Crippen molar-refractivity contribution in [1.29, 1.82) is 0 Å². The van der Waals surface area contributed by atoms with E-state index in [0.717, 1.165) is 11.1 Å². The van der Waals surface area contributed by atoms with Crippen LogP contribution in [0.2, 0.25) is 0 Å². The quantitative estimate of drug-likeness (QED) is 0.330. The molecule has 4 rings (SSSR count). The summed E-state index contributed by atoms with van der Waals surface area (Å²) < 4.78 is 10.8. The number of hydrogen-bond donors (Lipinski definition) is 0. The van der Waals surface area contributed by atoms with Gasteiger partial charge in [-0.3, -0.25) is 9.59 Å². The summed E-state index contributed by atoms with van der Waals surface area (Å²) >= 11 is 0. The molecule has 0 aromatic heterocycles. The molecule has 0 fully saturated rings. The third-order valence-corrected chi connectivity index (χ3v) is 5.57. The molecular weight excluding hydrogens is 412 g/mol. The molecule has 0 aliphatic carbocycles. The van der Waals surface area contributed by atoms with Crippen LogP contribution in [-0.2, 0) is 6.42 Å². The van der Waals surface area contributed by atoms with Gasteiger partial charge in [0.15, 0.2) is 11.6 Å². The van der Waals surface area contributed by atoms with Gasteiger partial charge >= 0.3 is 0 Å². The van der Waals surface area contributed by atoms with E-state index in [-0.39, 0.29) is 11.6 Å². The lowest BCUT2D eigenvalue weighted by molar-refractivity contribution is 0.103. The number of methoxy groups -OCH3 is 2. The van der Waals surface area contributed by atoms with E-state index in [1.54, 1.807) is 62.8 Å². The van der Waals surface area contributed by atoms with Gasteiger partial charge in [0.25, 0.3) is 0 Å². The molecule has 0 aliphatic rings. The van der Waals surface area contributed by atoms with Gasteiger partial charge in [-0.1, -0.05) is 60.7 Å². The van der Waals surface area contributed by atoms with E-state index in [1.165, 1.54) is 0 Å². The summed E-state index contributed by atoms with van der Waals surface area (Å²) in [6, 6.07) is 29.1. The third kappa shape index (κ3) is 4.85. The average molecular weight is 437 g/mol. The third-order valence-electron chi connectivity index (χ3n) is 5.57. The predicted molar refractivity (Wildman–Crippen MR) is 129 cm³/mol. The first-order valence-corrected chi connectivity index (χ1v) is 10.6. The first-order valence-electron chi connectivity index (χ1n) is 10.6. The van der Waals surface area contributed by atoms with Crippen molar-refractivity contribution in [3.63, 3.8) is 0 Å². The SMILES string of the molecule is COc1ccc(C(=O)c2ccccc2)c(Cc2cc(OC)ccc2C(=O)c2ccccc2)c1. The highest BCUT2D eigenvalue weighted by molar-refractivity contribution is 6.11. The highest BCUT2D eigenvalue weighted by Gasteiger charge is 2.19. The summed E-state index contributed by atoms with van der Waals surface area (Å²) in [5, 5.41) is 0. The Morgan fingerprint density at radius 2 is 0.970 bits per heavy atom. The summed E-state index contributed by atoms with van der Waals surface area (Å²) in [4.78, 5) is 26.6. The molecule has 0 N–H and O–H groups in total. The number of ether oxygens (including phenoxy) is 2. The van der Waals surface area contributed by atoms with Gasteiger partial charge in [-0.15, -0.1) is 0 Å². The summed E-state index contributed by atoms with van der Waals surface area (Å²) in [6.07, 6.45) is 0.371. The zero-order valence-electron chi connectivity index (χ0n) is 18.6. The van der Waals surface area contributed by atoms with Crippen molar-refractivity contribution in [2.45, 2.75) is 6.42 Å². The molecule has 0 heterocycles. The molecule has 4 aromatic rings. The molecule has 4 heteroatoms. The summed E-state index contributed by atoms with van der Waals surface area (Å²) in [5.41, 5.74) is 3.91. The van der Waals surface area contributed by atoms with Gasteiger partial charge in [-0.25, -0.2) is 0 Å². The van der Waals surface area contributed by atoms with E-state index < -0.39 is 0 Å². The second kappa shape index (κ2) is 9.96. The zero-order valence-corrected chi connectivity index (χ0v) is 18.6. The highest BCUT2D eigenvalue weighted by Crippen LogP contribution is 2.28. The first-order chi connectivity index (χ1) is 16.1. The molecular formula is C29H24O4. The lowest BCUT2D eigenvalue weighted by atomic mass is 9.90. The smallest absolute Gasteiger partial charge is 0.193 e. The number of rotatable bonds is 8. The fourth-order valence-corrected chi connectivity index (χ4v) is 3.82. The molecule has 0 spiro atoms. The Labute approximate surface area is 193 Å². The van der Waals surface area contributed by atoms with Crippen LogP contribution in [-0.4, -0.2) is 25.8 Å². The molecule has 33 heavy (non-hydrogen) atoms. The Kier molecular flexibility index (Phi) is 6.65. The highest BCUT2D eigenvalue weighted by atomic mass is 16.5. The van der Waals surface area contributed by atoms with Crippen molar-refractivity contribution in [1.82, 2.24) is 0 Å². The molecule has 0 unspecified atom stereocenters. The van der Waals surface area contributed by atoms with Crippen molar-refractivity contribution in [2.75, 3.05) is 14.2 Å². The lowest BCUT2D eigenvalue weighted by Gasteiger charge is -2.15. The second-order valence-electron chi connectivity index (χ2n) is 7.61. The number of ketones is 2. The van der Waals surface area contributed by atoms with Crippen LogP contribution >= 0.6 is 0 Å². The molecule has 4 nitrogen and oxygen atoms in total. The Bertz CT molecular complexity index is 1180. The molecule has 0 atom stereocenters. The van der Waals surface area contributed by atoms with Gasteiger partial charge in [-0.05, 0) is 53.9 Å². The largest absolute Gasteiger partial charge is 0.497 e. The van der Waals surface area contributed by atoms with Crippen LogP contribution in [0.5, 0.6) is 11.5 Å². The van der Waals surface area contributed by atoms with E-state index in [1.807, 2.05) is 48.5 Å². The van der Waals surface area contributed by atoms with Crippen LogP contribution < -0.4 is 9.47 Å². The number of carbonyl (C=O) groups is 2. The van der Waals surface area contributed by atoms with Gasteiger partial charge in [-0.2, -0.15) is 0 Å². The Hall–Kier alpha value is -4.18. The van der Waals surface area contributed by atoms with Gasteiger partial charge in [0, 0.05) is 22.3 Å². The fourth-order valence-electron chi connectivity index (χ4n) is 3.82. The molecule has 0 aliphatic heterocycles. The maximum absolute atomic E-state index is 13.3. The van der Waals surface area contributed by atoms with Crippen molar-refractivity contribution in [3.05, 3.63) is 130 Å². The van der Waals surface area contributed by atoms with Crippen molar-refractivity contribution in [2.24, 2.45) is 0 Å². The summed E-state index contributed by atoms with van der Waals surface area (Å²) in [5.74, 6) is 1.14. The zero-order chi connectivity index (χ0) is 23.2. The Morgan fingerprint density at radius 3 is 1.33 bits per heavy atom. The molecule has 0 bridgehead atoms. The van der Waals surface area contributed by atoms with E-state index >= 15 is 0 Å². The van der Waals surface area contributed by atoms with Gasteiger partial charge in [0.2, 0.25) is 0 Å². The van der Waals surface area contributed by atoms with Crippen LogP contribution in [0, 0.1) is 0 Å². The van der Waals surface area contributed by atoms with E-state index in [4.69, 9.17) is 9.47 Å². The predicted octanol–water partition coefficient (Wildman–Crippen LogP) is 5.76. The normalized spacial score (nSPS) is 10.5. The van der Waals surface area contributed by atoms with Crippen molar-refractivity contribution >= 4 is 11.6 Å². The minimum atomic E-state index is -0.0768. The lowest BCUT2D eigenvalue weighted by Crippen LogP contribution is -2.10. The molecule has 0 radical (unpaired) electrons. The molecule has 4 aromatic carbocycles. The standard InChI is InChI=1S/C29H24O4/c1-32-24-13-15-26(28(30)20-9-5-3-6-10-20)22(18-24)17-23-19-25(33-2)14-16-27(23)29(31)21-11-7-4-8-12-21/h3-16,18-19H,17H2,1-2H3. The van der Waals surface area contributed by atoms with Crippen LogP contribution in [0.1, 0.15) is 43.0 Å². The monoisotopic (exact) mass is 436 g/mol. The van der Waals surface area contributed by atoms with Crippen LogP contribution in [0.25, 0.3) is 0 Å². The average Bonchev–Trinajstić information content (AvgIpc) is 2.88. The van der Waals surface area contributed by atoms with Gasteiger partial charge in [0.05, 0.1) is 14.2 Å². The van der Waals surface area contributed by atoms with Crippen LogP contribution in [0.15, 0.2) is 97.1 Å². The Morgan fingerprint density at radius 1 is 0.576 bits per heavy atom. The number of carbonyl (C=O) groups excluding carboxylic acids is 2. The molecule has 0 amide bonds. The molecule has 164 valence electrons. The topological polar surface area (TPSA) is 52.6 Å². The maximum atomic E-state index is 13.3. The van der Waals surface area contributed by atoms with Gasteiger partial charge < -0.3 is 9.47 Å². The second-order valence-corrected chi connectivity index (χ2v) is 7.61. The van der Waals surface area contributed by atoms with E-state index in [9.17, 15) is 9.59 Å². The number of benzene rings is 4. The minimum Gasteiger partial charge on any atom is -0.497 e. The Balaban J connectivity index is 1.80. The molecule has 0 saturated heterocycles. The summed E-state index contributed by atoms with van der Waals surface area (Å²) in [6.45, 7) is 0. The van der Waals surface area contributed by atoms with Crippen molar-refractivity contribution in [3.8, 4) is 11.5 Å². The van der Waals surface area contributed by atoms with Crippen LogP contribution in [0.3, 0.4) is 0 Å². The maximum Gasteiger partial charge on any atom is 0.193 e. The van der Waals surface area contributed by atoms with E-state index in [0.29, 0.717) is 40.2 Å². The number of hydrogen-bond acceptors (Lipinski definition) is 4.